The lowest BCUT2D eigenvalue weighted by Crippen LogP contribution is -2.04. The summed E-state index contributed by atoms with van der Waals surface area (Å²) in [5.74, 6) is 0.398. The van der Waals surface area contributed by atoms with Crippen LogP contribution >= 0.6 is 11.3 Å². The van der Waals surface area contributed by atoms with Gasteiger partial charge in [-0.3, -0.25) is 4.98 Å². The Morgan fingerprint density at radius 2 is 1.10 bits per heavy atom. The molecule has 3 heteroatoms. The lowest BCUT2D eigenvalue weighted by atomic mass is 9.86. The minimum atomic E-state index is 0.398. The van der Waals surface area contributed by atoms with Gasteiger partial charge in [0.05, 0.1) is 22.9 Å². The van der Waals surface area contributed by atoms with Crippen molar-refractivity contribution in [2.24, 2.45) is 0 Å². The Hall–Kier alpha value is -5.90. The van der Waals surface area contributed by atoms with E-state index in [2.05, 4.69) is 158 Å². The van der Waals surface area contributed by atoms with Crippen LogP contribution in [0.2, 0.25) is 0 Å². The monoisotopic (exact) mass is 642 g/mol. The van der Waals surface area contributed by atoms with Gasteiger partial charge in [-0.1, -0.05) is 140 Å². The summed E-state index contributed by atoms with van der Waals surface area (Å²) in [5.41, 5.74) is 11.5. The molecule has 0 saturated heterocycles. The van der Waals surface area contributed by atoms with Crippen LogP contribution in [0.5, 0.6) is 0 Å². The zero-order valence-corrected chi connectivity index (χ0v) is 27.5. The number of hydrogen-bond donors (Lipinski definition) is 0. The van der Waals surface area contributed by atoms with Crippen LogP contribution in [0.1, 0.15) is 21.9 Å². The molecule has 10 rings (SSSR count). The van der Waals surface area contributed by atoms with Crippen LogP contribution in [0.15, 0.2) is 158 Å². The molecule has 9 aromatic rings. The number of hydrogen-bond acceptors (Lipinski definition) is 3. The summed E-state index contributed by atoms with van der Waals surface area (Å²) in [6.45, 7) is 0. The van der Waals surface area contributed by atoms with Crippen molar-refractivity contribution < 1.29 is 0 Å². The fraction of sp³-hybridized carbons (Fsp3) is 0.0435. The van der Waals surface area contributed by atoms with Crippen LogP contribution in [0.3, 0.4) is 0 Å². The molecule has 0 fully saturated rings. The molecule has 1 atom stereocenters. The summed E-state index contributed by atoms with van der Waals surface area (Å²) >= 11 is 1.90. The van der Waals surface area contributed by atoms with Crippen LogP contribution in [-0.4, -0.2) is 9.97 Å². The fourth-order valence-electron chi connectivity index (χ4n) is 7.58. The van der Waals surface area contributed by atoms with Crippen molar-refractivity contribution >= 4 is 60.1 Å². The van der Waals surface area contributed by atoms with Gasteiger partial charge in [0.2, 0.25) is 0 Å². The molecule has 1 unspecified atom stereocenters. The third-order valence-corrected chi connectivity index (χ3v) is 11.3. The molecular formula is C46H30N2S. The summed E-state index contributed by atoms with van der Waals surface area (Å²) in [6.07, 6.45) is 7.67. The maximum Gasteiger partial charge on any atom is 0.0979 e. The van der Waals surface area contributed by atoms with Gasteiger partial charge in [0, 0.05) is 31.8 Å². The molecule has 2 nitrogen and oxygen atoms in total. The number of allylic oxidation sites excluding steroid dienone is 1. The molecule has 0 bridgehead atoms. The standard InChI is InChI=1S/C46H30N2S/c1-3-13-39-36(10-1)37-11-2-4-14-40(37)46-45(39)47-28-42(48-46)32-22-20-30(21-23-32)34-9-7-8-33(26-34)29-16-18-31(19-17-29)35-24-25-44-41(27-35)38-12-5-6-15-43(38)49-44/h1-26,28,35H,27H2. The van der Waals surface area contributed by atoms with E-state index < -0.39 is 0 Å². The van der Waals surface area contributed by atoms with Crippen molar-refractivity contribution in [1.29, 1.82) is 0 Å². The summed E-state index contributed by atoms with van der Waals surface area (Å²) in [6, 6.07) is 52.5. The Kier molecular flexibility index (Phi) is 6.53. The molecule has 1 aliphatic carbocycles. The van der Waals surface area contributed by atoms with Crippen molar-refractivity contribution in [2.45, 2.75) is 12.3 Å². The Labute approximate surface area is 288 Å². The van der Waals surface area contributed by atoms with Crippen molar-refractivity contribution in [3.8, 4) is 33.5 Å². The second-order valence-corrected chi connectivity index (χ2v) is 14.0. The first-order valence-corrected chi connectivity index (χ1v) is 17.6. The number of aromatic nitrogens is 2. The van der Waals surface area contributed by atoms with Gasteiger partial charge in [-0.05, 0) is 74.2 Å². The molecule has 2 aromatic heterocycles. The predicted octanol–water partition coefficient (Wildman–Crippen LogP) is 12.5. The topological polar surface area (TPSA) is 25.8 Å². The molecule has 49 heavy (non-hydrogen) atoms. The Morgan fingerprint density at radius 3 is 1.82 bits per heavy atom. The smallest absolute Gasteiger partial charge is 0.0979 e. The summed E-state index contributed by atoms with van der Waals surface area (Å²) in [5, 5.41) is 6.09. The highest BCUT2D eigenvalue weighted by Crippen LogP contribution is 2.40. The molecule has 0 aliphatic heterocycles. The minimum absolute atomic E-state index is 0.398. The Balaban J connectivity index is 0.924. The van der Waals surface area contributed by atoms with E-state index in [0.717, 1.165) is 39.5 Å². The van der Waals surface area contributed by atoms with Crippen LogP contribution in [0, 0.1) is 0 Å². The van der Waals surface area contributed by atoms with Gasteiger partial charge in [-0.25, -0.2) is 4.98 Å². The highest BCUT2D eigenvalue weighted by molar-refractivity contribution is 7.20. The van der Waals surface area contributed by atoms with Gasteiger partial charge < -0.3 is 0 Å². The average Bonchev–Trinajstić information content (AvgIpc) is 3.56. The van der Waals surface area contributed by atoms with Gasteiger partial charge in [0.1, 0.15) is 0 Å². The van der Waals surface area contributed by atoms with Gasteiger partial charge >= 0.3 is 0 Å². The van der Waals surface area contributed by atoms with E-state index in [9.17, 15) is 0 Å². The van der Waals surface area contributed by atoms with E-state index in [1.54, 1.807) is 0 Å². The highest BCUT2D eigenvalue weighted by Gasteiger charge is 2.20. The van der Waals surface area contributed by atoms with Crippen molar-refractivity contribution in [3.05, 3.63) is 174 Å². The van der Waals surface area contributed by atoms with E-state index in [1.165, 1.54) is 59.1 Å². The van der Waals surface area contributed by atoms with Gasteiger partial charge in [-0.15, -0.1) is 11.3 Å². The number of benzene rings is 7. The van der Waals surface area contributed by atoms with E-state index in [-0.39, 0.29) is 0 Å². The van der Waals surface area contributed by atoms with Crippen molar-refractivity contribution in [1.82, 2.24) is 9.97 Å². The van der Waals surface area contributed by atoms with E-state index in [4.69, 9.17) is 9.97 Å². The highest BCUT2D eigenvalue weighted by atomic mass is 32.1. The Morgan fingerprint density at radius 1 is 0.510 bits per heavy atom. The third kappa shape index (κ3) is 4.77. The van der Waals surface area contributed by atoms with E-state index >= 15 is 0 Å². The molecule has 0 saturated carbocycles. The number of fused-ring (bicyclic) bond motifs is 9. The van der Waals surface area contributed by atoms with Gasteiger partial charge in [0.15, 0.2) is 0 Å². The van der Waals surface area contributed by atoms with Gasteiger partial charge in [-0.2, -0.15) is 0 Å². The first-order valence-electron chi connectivity index (χ1n) is 16.8. The van der Waals surface area contributed by atoms with Crippen LogP contribution in [-0.2, 0) is 6.42 Å². The molecule has 230 valence electrons. The molecule has 0 spiro atoms. The summed E-state index contributed by atoms with van der Waals surface area (Å²) < 4.78 is 1.38. The molecular weight excluding hydrogens is 613 g/mol. The fourth-order valence-corrected chi connectivity index (χ4v) is 8.73. The van der Waals surface area contributed by atoms with Crippen molar-refractivity contribution in [2.75, 3.05) is 0 Å². The maximum atomic E-state index is 5.18. The minimum Gasteiger partial charge on any atom is -0.252 e. The molecule has 1 aliphatic rings. The lowest BCUT2D eigenvalue weighted by Gasteiger charge is -2.18. The molecule has 0 radical (unpaired) electrons. The maximum absolute atomic E-state index is 5.18. The van der Waals surface area contributed by atoms with Gasteiger partial charge in [0.25, 0.3) is 0 Å². The Bertz CT molecular complexity index is 2700. The second-order valence-electron chi connectivity index (χ2n) is 12.9. The zero-order chi connectivity index (χ0) is 32.3. The van der Waals surface area contributed by atoms with Crippen LogP contribution in [0.25, 0.3) is 82.3 Å². The largest absolute Gasteiger partial charge is 0.252 e. The molecule has 0 amide bonds. The first-order chi connectivity index (χ1) is 24.3. The molecule has 2 heterocycles. The number of thiophene rings is 1. The quantitative estimate of drug-likeness (QED) is 0.179. The van der Waals surface area contributed by atoms with Crippen LogP contribution in [0.4, 0.5) is 0 Å². The summed E-state index contributed by atoms with van der Waals surface area (Å²) in [7, 11) is 0. The average molecular weight is 643 g/mol. The van der Waals surface area contributed by atoms with E-state index in [0.29, 0.717) is 5.92 Å². The van der Waals surface area contributed by atoms with E-state index in [1.807, 2.05) is 17.5 Å². The van der Waals surface area contributed by atoms with Crippen molar-refractivity contribution in [3.63, 3.8) is 0 Å². The predicted molar refractivity (Wildman–Crippen MR) is 208 cm³/mol. The summed E-state index contributed by atoms with van der Waals surface area (Å²) in [4.78, 5) is 11.5. The molecule has 0 N–H and O–H groups in total. The lowest BCUT2D eigenvalue weighted by molar-refractivity contribution is 0.837. The first kappa shape index (κ1) is 28.1. The number of rotatable bonds is 4. The zero-order valence-electron chi connectivity index (χ0n) is 26.7. The number of nitrogens with zero attached hydrogens (tertiary/aromatic N) is 2. The normalized spacial score (nSPS) is 14.2. The van der Waals surface area contributed by atoms with Crippen LogP contribution < -0.4 is 0 Å². The second kappa shape index (κ2) is 11.4. The third-order valence-electron chi connectivity index (χ3n) is 10.1. The molecule has 7 aromatic carbocycles. The SMILES string of the molecule is C1=CC(c2ccc(-c3cccc(-c4ccc(-c5cnc6c7ccccc7c7ccccc7c6n5)cc4)c3)cc2)Cc2c1sc1ccccc21.